The molecule has 392 valence electrons. The fourth-order valence-electron chi connectivity index (χ4n) is 7.75. The molecule has 5 aromatic rings. The van der Waals surface area contributed by atoms with Gasteiger partial charge in [0.05, 0.1) is 109 Å². The summed E-state index contributed by atoms with van der Waals surface area (Å²) in [6.07, 6.45) is 1.16. The van der Waals surface area contributed by atoms with Gasteiger partial charge in [-0.3, -0.25) is 0 Å². The third kappa shape index (κ3) is 18.5. The first-order valence-corrected chi connectivity index (χ1v) is 27.1. The second-order valence-electron chi connectivity index (χ2n) is 17.9. The average molecular weight is 1230 g/mol. The molecule has 5 heterocycles. The molecular weight excluding hydrogens is 1170 g/mol. The lowest BCUT2D eigenvalue weighted by Gasteiger charge is -2.26. The molecule has 17 heteroatoms. The van der Waals surface area contributed by atoms with Crippen LogP contribution >= 0.6 is 45.2 Å². The van der Waals surface area contributed by atoms with Gasteiger partial charge in [0.15, 0.2) is 0 Å². The fourth-order valence-corrected chi connectivity index (χ4v) is 9.80. The SMILES string of the molecule is Ic1cc(I)c(OCCOCC2CO2)c(C(c2cccc(-c3ccc(OCCOCC4CO4)cc3)c2)c2cc(-c3ccc(OCCOCC4CO4)cc3)ccc2OCCOCC2CO2)c1.OCCOCC1CO1. The number of hydrogen-bond donors (Lipinski definition) is 1. The highest BCUT2D eigenvalue weighted by atomic mass is 127. The summed E-state index contributed by atoms with van der Waals surface area (Å²) in [5.74, 6) is 2.83. The Morgan fingerprint density at radius 2 is 0.877 bits per heavy atom. The molecule has 10 rings (SSSR count). The molecule has 0 aliphatic carbocycles. The topological polar surface area (TPSA) is 166 Å². The summed E-state index contributed by atoms with van der Waals surface area (Å²) in [6, 6.07) is 36.0. The van der Waals surface area contributed by atoms with Gasteiger partial charge in [0.25, 0.3) is 0 Å². The zero-order chi connectivity index (χ0) is 50.0. The molecule has 0 bridgehead atoms. The van der Waals surface area contributed by atoms with E-state index < -0.39 is 0 Å². The first-order valence-electron chi connectivity index (χ1n) is 25.0. The molecule has 5 aliphatic heterocycles. The van der Waals surface area contributed by atoms with E-state index in [2.05, 4.69) is 124 Å². The van der Waals surface area contributed by atoms with Crippen molar-refractivity contribution < 1.29 is 71.4 Å². The molecule has 5 aliphatic rings. The Bertz CT molecular complexity index is 2440. The molecule has 6 unspecified atom stereocenters. The third-order valence-electron chi connectivity index (χ3n) is 12.0. The maximum Gasteiger partial charge on any atom is 0.136 e. The monoisotopic (exact) mass is 1230 g/mol. The fraction of sp³-hybridized carbons (Fsp3) is 0.464. The summed E-state index contributed by atoms with van der Waals surface area (Å²) in [4.78, 5) is 0. The number of benzene rings is 5. The van der Waals surface area contributed by atoms with Crippen LogP contribution < -0.4 is 18.9 Å². The molecule has 6 atom stereocenters. The van der Waals surface area contributed by atoms with E-state index in [1.807, 2.05) is 24.3 Å². The van der Waals surface area contributed by atoms with Crippen LogP contribution in [0.5, 0.6) is 23.0 Å². The molecule has 15 nitrogen and oxygen atoms in total. The first-order chi connectivity index (χ1) is 36.0. The van der Waals surface area contributed by atoms with Crippen molar-refractivity contribution in [2.75, 3.05) is 132 Å². The minimum atomic E-state index is -0.308. The van der Waals surface area contributed by atoms with Crippen LogP contribution in [0.15, 0.2) is 103 Å². The van der Waals surface area contributed by atoms with Crippen LogP contribution in [-0.2, 0) is 47.4 Å². The van der Waals surface area contributed by atoms with Gasteiger partial charge in [0.2, 0.25) is 0 Å². The average Bonchev–Trinajstić information content (AvgIpc) is 4.18. The molecule has 5 saturated heterocycles. The maximum absolute atomic E-state index is 8.23. The number of halogens is 2. The molecule has 5 aromatic carbocycles. The molecule has 0 saturated carbocycles. The van der Waals surface area contributed by atoms with Gasteiger partial charge in [-0.05, 0) is 122 Å². The normalized spacial score (nSPS) is 20.3. The molecule has 0 amide bonds. The number of epoxide rings is 5. The third-order valence-corrected chi connectivity index (χ3v) is 13.4. The Morgan fingerprint density at radius 1 is 0.438 bits per heavy atom. The highest BCUT2D eigenvalue weighted by Crippen LogP contribution is 2.46. The van der Waals surface area contributed by atoms with Gasteiger partial charge >= 0.3 is 0 Å². The largest absolute Gasteiger partial charge is 0.491 e. The predicted octanol–water partition coefficient (Wildman–Crippen LogP) is 7.98. The van der Waals surface area contributed by atoms with Gasteiger partial charge in [-0.1, -0.05) is 54.6 Å². The smallest absolute Gasteiger partial charge is 0.136 e. The van der Waals surface area contributed by atoms with Gasteiger partial charge in [-0.2, -0.15) is 0 Å². The Balaban J connectivity index is 0.000000749. The van der Waals surface area contributed by atoms with Crippen LogP contribution in [0.25, 0.3) is 22.3 Å². The van der Waals surface area contributed by atoms with Crippen molar-refractivity contribution in [3.05, 3.63) is 127 Å². The number of hydrogen-bond acceptors (Lipinski definition) is 15. The Morgan fingerprint density at radius 3 is 1.36 bits per heavy atom. The van der Waals surface area contributed by atoms with Crippen molar-refractivity contribution >= 4 is 45.2 Å². The molecule has 5 fully saturated rings. The molecule has 1 N–H and O–H groups in total. The van der Waals surface area contributed by atoms with Gasteiger partial charge < -0.3 is 71.4 Å². The van der Waals surface area contributed by atoms with Crippen LogP contribution in [-0.4, -0.2) is 168 Å². The highest BCUT2D eigenvalue weighted by molar-refractivity contribution is 14.1. The molecule has 0 aromatic heterocycles. The summed E-state index contributed by atoms with van der Waals surface area (Å²) in [5.41, 5.74) is 7.31. The molecular formula is C56H64I2O15. The second kappa shape index (κ2) is 28.5. The Labute approximate surface area is 454 Å². The minimum absolute atomic E-state index is 0.104. The molecule has 0 radical (unpaired) electrons. The van der Waals surface area contributed by atoms with Crippen molar-refractivity contribution in [2.24, 2.45) is 0 Å². The highest BCUT2D eigenvalue weighted by Gasteiger charge is 2.29. The lowest BCUT2D eigenvalue weighted by atomic mass is 9.82. The van der Waals surface area contributed by atoms with Crippen molar-refractivity contribution in [1.29, 1.82) is 0 Å². The van der Waals surface area contributed by atoms with E-state index in [9.17, 15) is 0 Å². The number of ether oxygens (including phenoxy) is 14. The summed E-state index contributed by atoms with van der Waals surface area (Å²) in [5, 5.41) is 8.23. The van der Waals surface area contributed by atoms with E-state index >= 15 is 0 Å². The van der Waals surface area contributed by atoms with E-state index in [0.29, 0.717) is 98.6 Å². The summed E-state index contributed by atoms with van der Waals surface area (Å²) < 4.78 is 81.6. The molecule has 0 spiro atoms. The van der Waals surface area contributed by atoms with Crippen LogP contribution in [0.1, 0.15) is 22.6 Å². The number of aliphatic hydroxyl groups is 1. The second-order valence-corrected chi connectivity index (χ2v) is 20.3. The van der Waals surface area contributed by atoms with E-state index in [-0.39, 0.29) is 36.9 Å². The zero-order valence-corrected chi connectivity index (χ0v) is 45.2. The van der Waals surface area contributed by atoms with Crippen molar-refractivity contribution in [1.82, 2.24) is 0 Å². The van der Waals surface area contributed by atoms with E-state index in [0.717, 1.165) is 102 Å². The predicted molar refractivity (Wildman–Crippen MR) is 288 cm³/mol. The standard InChI is InChI=1S/C51H54I2O12.C5H10O3/c52-39-24-47(51(48(53)25-39)61-21-17-57-29-45-33-65-45)50(38-3-1-2-36(22-38)34-4-9-40(10-5-34)58-18-14-54-26-42-30-62-42)46-23-37(8-13-49(46)60-20-16-56-28-44-32-64-44)35-6-11-41(12-7-35)59-19-15-55-27-43-31-63-43;6-1-2-7-3-5-4-8-5/h1-13,22-25,42-45,50H,14-21,26-33H2;5-6H,1-4H2. The van der Waals surface area contributed by atoms with Crippen LogP contribution in [0.2, 0.25) is 0 Å². The number of aliphatic hydroxyl groups excluding tert-OH is 1. The zero-order valence-electron chi connectivity index (χ0n) is 40.8. The van der Waals surface area contributed by atoms with E-state index in [1.165, 1.54) is 0 Å². The van der Waals surface area contributed by atoms with Gasteiger partial charge in [0.1, 0.15) is 79.9 Å². The first kappa shape index (κ1) is 54.1. The van der Waals surface area contributed by atoms with Crippen LogP contribution in [0.3, 0.4) is 0 Å². The summed E-state index contributed by atoms with van der Waals surface area (Å²) >= 11 is 4.80. The maximum atomic E-state index is 8.23. The Hall–Kier alpha value is -3.68. The van der Waals surface area contributed by atoms with Crippen LogP contribution in [0.4, 0.5) is 0 Å². The lowest BCUT2D eigenvalue weighted by molar-refractivity contribution is 0.0810. The summed E-state index contributed by atoms with van der Waals surface area (Å²) in [7, 11) is 0. The number of rotatable bonds is 33. The lowest BCUT2D eigenvalue weighted by Crippen LogP contribution is -2.15. The van der Waals surface area contributed by atoms with Gasteiger partial charge in [-0.25, -0.2) is 0 Å². The molecule has 73 heavy (non-hydrogen) atoms. The van der Waals surface area contributed by atoms with Crippen LogP contribution in [0, 0.1) is 7.14 Å². The van der Waals surface area contributed by atoms with Crippen molar-refractivity contribution in [3.63, 3.8) is 0 Å². The van der Waals surface area contributed by atoms with Crippen molar-refractivity contribution in [3.8, 4) is 45.3 Å². The van der Waals surface area contributed by atoms with Crippen molar-refractivity contribution in [2.45, 2.75) is 36.4 Å². The van der Waals surface area contributed by atoms with Gasteiger partial charge in [-0.15, -0.1) is 0 Å². The minimum Gasteiger partial charge on any atom is -0.491 e. The Kier molecular flexibility index (Phi) is 21.1. The summed E-state index contributed by atoms with van der Waals surface area (Å²) in [6.45, 7) is 11.0. The van der Waals surface area contributed by atoms with Gasteiger partial charge in [0, 0.05) is 20.6 Å². The van der Waals surface area contributed by atoms with E-state index in [1.54, 1.807) is 0 Å². The quantitative estimate of drug-likeness (QED) is 0.0186. The van der Waals surface area contributed by atoms with E-state index in [4.69, 9.17) is 71.4 Å².